The van der Waals surface area contributed by atoms with Crippen LogP contribution in [0.15, 0.2) is 59.1 Å². The average molecular weight is 552 g/mol. The molecular formula is C30H31ClFN3O4. The van der Waals surface area contributed by atoms with Gasteiger partial charge in [0.1, 0.15) is 11.5 Å². The second-order valence-electron chi connectivity index (χ2n) is 11.1. The summed E-state index contributed by atoms with van der Waals surface area (Å²) < 4.78 is 25.1. The maximum Gasteiger partial charge on any atom is 0.292 e. The predicted molar refractivity (Wildman–Crippen MR) is 143 cm³/mol. The highest BCUT2D eigenvalue weighted by molar-refractivity contribution is 6.30. The molecule has 1 aliphatic carbocycles. The molecule has 204 valence electrons. The highest BCUT2D eigenvalue weighted by Gasteiger charge is 2.51. The second-order valence-corrected chi connectivity index (χ2v) is 11.5. The van der Waals surface area contributed by atoms with Gasteiger partial charge in [0.15, 0.2) is 0 Å². The molecule has 0 bridgehead atoms. The fourth-order valence-electron chi connectivity index (χ4n) is 5.85. The van der Waals surface area contributed by atoms with Crippen molar-refractivity contribution in [3.05, 3.63) is 76.8 Å². The Kier molecular flexibility index (Phi) is 7.16. The van der Waals surface area contributed by atoms with Crippen LogP contribution in [0.3, 0.4) is 0 Å². The maximum absolute atomic E-state index is 14.0. The van der Waals surface area contributed by atoms with E-state index in [2.05, 4.69) is 5.16 Å². The largest absolute Gasteiger partial charge is 0.376 e. The zero-order valence-electron chi connectivity index (χ0n) is 21.7. The molecule has 39 heavy (non-hydrogen) atoms. The van der Waals surface area contributed by atoms with Crippen LogP contribution in [0.4, 0.5) is 4.39 Å². The van der Waals surface area contributed by atoms with Crippen LogP contribution in [0.1, 0.15) is 48.2 Å². The third kappa shape index (κ3) is 5.72. The topological polar surface area (TPSA) is 75.9 Å². The third-order valence-electron chi connectivity index (χ3n) is 8.04. The third-order valence-corrected chi connectivity index (χ3v) is 8.27. The van der Waals surface area contributed by atoms with E-state index in [4.69, 9.17) is 20.9 Å². The highest BCUT2D eigenvalue weighted by atomic mass is 35.5. The molecule has 1 spiro atoms. The van der Waals surface area contributed by atoms with Crippen LogP contribution in [-0.4, -0.2) is 59.1 Å². The molecule has 1 aromatic heterocycles. The van der Waals surface area contributed by atoms with E-state index in [1.807, 2.05) is 29.2 Å². The number of benzene rings is 2. The Morgan fingerprint density at radius 2 is 2.00 bits per heavy atom. The first-order valence-corrected chi connectivity index (χ1v) is 13.9. The summed E-state index contributed by atoms with van der Waals surface area (Å²) in [4.78, 5) is 31.1. The van der Waals surface area contributed by atoms with Crippen LogP contribution in [0.25, 0.3) is 11.3 Å². The minimum absolute atomic E-state index is 0.0517. The van der Waals surface area contributed by atoms with Crippen molar-refractivity contribution in [2.24, 2.45) is 11.3 Å². The summed E-state index contributed by atoms with van der Waals surface area (Å²) in [6, 6.07) is 15.0. The Bertz CT molecular complexity index is 1360. The Balaban J connectivity index is 1.22. The normalized spacial score (nSPS) is 23.4. The number of ether oxygens (including phenoxy) is 1. The quantitative estimate of drug-likeness (QED) is 0.383. The first-order valence-electron chi connectivity index (χ1n) is 13.6. The number of carbonyl (C=O) groups excluding carboxylic acids is 2. The Morgan fingerprint density at radius 1 is 1.18 bits per heavy atom. The molecule has 2 aromatic carbocycles. The van der Waals surface area contributed by atoms with E-state index >= 15 is 0 Å². The van der Waals surface area contributed by atoms with Crippen molar-refractivity contribution in [2.45, 2.75) is 44.8 Å². The molecule has 6 rings (SSSR count). The Morgan fingerprint density at radius 3 is 2.77 bits per heavy atom. The average Bonchev–Trinajstić information content (AvgIpc) is 3.64. The van der Waals surface area contributed by atoms with E-state index in [1.54, 1.807) is 23.1 Å². The van der Waals surface area contributed by atoms with Gasteiger partial charge in [-0.25, -0.2) is 4.39 Å². The lowest BCUT2D eigenvalue weighted by atomic mass is 9.72. The molecule has 0 unspecified atom stereocenters. The number of likely N-dealkylation sites (tertiary alicyclic amines) is 2. The molecule has 2 aliphatic heterocycles. The molecular weight excluding hydrogens is 521 g/mol. The summed E-state index contributed by atoms with van der Waals surface area (Å²) in [7, 11) is 0. The van der Waals surface area contributed by atoms with Gasteiger partial charge in [0.05, 0.1) is 11.5 Å². The summed E-state index contributed by atoms with van der Waals surface area (Å²) in [5.41, 5.74) is 1.36. The van der Waals surface area contributed by atoms with E-state index in [1.165, 1.54) is 25.0 Å². The van der Waals surface area contributed by atoms with Crippen LogP contribution in [0, 0.1) is 17.2 Å². The molecule has 0 N–H and O–H groups in total. The lowest BCUT2D eigenvalue weighted by Gasteiger charge is -2.49. The Labute approximate surface area is 231 Å². The van der Waals surface area contributed by atoms with Crippen molar-refractivity contribution in [1.82, 2.24) is 15.0 Å². The first kappa shape index (κ1) is 26.0. The monoisotopic (exact) mass is 551 g/mol. The van der Waals surface area contributed by atoms with Gasteiger partial charge in [-0.3, -0.25) is 9.59 Å². The van der Waals surface area contributed by atoms with Gasteiger partial charge in [-0.1, -0.05) is 28.9 Å². The molecule has 2 amide bonds. The number of hydrogen-bond acceptors (Lipinski definition) is 5. The SMILES string of the molecule is O=C(c1cc(-c2ccc(F)cc2)no1)N1CCC[C@]2(C[C@H](OCC3CC3)CN(Cc3cccc(Cl)c3)C2=O)C1. The first-order chi connectivity index (χ1) is 18.9. The van der Waals surface area contributed by atoms with Crippen molar-refractivity contribution in [3.63, 3.8) is 0 Å². The van der Waals surface area contributed by atoms with Crippen molar-refractivity contribution in [2.75, 3.05) is 26.2 Å². The smallest absolute Gasteiger partial charge is 0.292 e. The molecule has 0 radical (unpaired) electrons. The molecule has 1 saturated carbocycles. The predicted octanol–water partition coefficient (Wildman–Crippen LogP) is 5.58. The van der Waals surface area contributed by atoms with Crippen LogP contribution in [-0.2, 0) is 16.1 Å². The van der Waals surface area contributed by atoms with Crippen molar-refractivity contribution >= 4 is 23.4 Å². The minimum atomic E-state index is -0.723. The lowest BCUT2D eigenvalue weighted by molar-refractivity contribution is -0.160. The molecule has 7 nitrogen and oxygen atoms in total. The van der Waals surface area contributed by atoms with Crippen molar-refractivity contribution in [1.29, 1.82) is 0 Å². The second kappa shape index (κ2) is 10.7. The number of hydrogen-bond donors (Lipinski definition) is 0. The number of rotatable bonds is 7. The maximum atomic E-state index is 14.0. The van der Waals surface area contributed by atoms with Gasteiger partial charge in [-0.2, -0.15) is 0 Å². The lowest BCUT2D eigenvalue weighted by Crippen LogP contribution is -2.60. The summed E-state index contributed by atoms with van der Waals surface area (Å²) in [6.07, 6.45) is 4.29. The number of piperidine rings is 2. The fraction of sp³-hybridized carbons (Fsp3) is 0.433. The standard InChI is InChI=1S/C30H31ClFN3O4/c31-23-4-1-3-21(13-23)16-35-17-25(38-18-20-5-6-20)15-30(29(35)37)11-2-12-34(19-30)28(36)27-14-26(33-39-27)22-7-9-24(32)10-8-22/h1,3-4,7-10,13-14,20,25H,2,5-6,11-12,15-19H2/t25-,30-/m0/s1. The summed E-state index contributed by atoms with van der Waals surface area (Å²) in [5, 5.41) is 4.66. The zero-order valence-corrected chi connectivity index (χ0v) is 22.4. The van der Waals surface area contributed by atoms with Crippen LogP contribution < -0.4 is 0 Å². The van der Waals surface area contributed by atoms with Crippen molar-refractivity contribution in [3.8, 4) is 11.3 Å². The minimum Gasteiger partial charge on any atom is -0.376 e. The summed E-state index contributed by atoms with van der Waals surface area (Å²) in [6.45, 7) is 2.51. The summed E-state index contributed by atoms with van der Waals surface area (Å²) in [5.74, 6) is 0.122. The number of carbonyl (C=O) groups is 2. The summed E-state index contributed by atoms with van der Waals surface area (Å²) >= 11 is 6.22. The Hall–Kier alpha value is -3.23. The molecule has 3 fully saturated rings. The molecule has 2 atom stereocenters. The van der Waals surface area contributed by atoms with Gasteiger partial charge in [0, 0.05) is 49.4 Å². The molecule has 3 aliphatic rings. The fourth-order valence-corrected chi connectivity index (χ4v) is 6.06. The van der Waals surface area contributed by atoms with E-state index in [0.29, 0.717) is 74.2 Å². The number of nitrogens with zero attached hydrogens (tertiary/aromatic N) is 3. The molecule has 3 aromatic rings. The van der Waals surface area contributed by atoms with Crippen LogP contribution in [0.5, 0.6) is 0 Å². The van der Waals surface area contributed by atoms with Gasteiger partial charge in [0.2, 0.25) is 11.7 Å². The number of halogens is 2. The molecule has 9 heteroatoms. The number of aromatic nitrogens is 1. The van der Waals surface area contributed by atoms with Crippen molar-refractivity contribution < 1.29 is 23.2 Å². The van der Waals surface area contributed by atoms with E-state index < -0.39 is 5.41 Å². The molecule has 3 heterocycles. The van der Waals surface area contributed by atoms with Crippen LogP contribution >= 0.6 is 11.6 Å². The molecule has 2 saturated heterocycles. The zero-order chi connectivity index (χ0) is 27.0. The van der Waals surface area contributed by atoms with E-state index in [9.17, 15) is 14.0 Å². The van der Waals surface area contributed by atoms with Gasteiger partial charge in [-0.15, -0.1) is 0 Å². The number of amides is 2. The van der Waals surface area contributed by atoms with Gasteiger partial charge in [0.25, 0.3) is 5.91 Å². The van der Waals surface area contributed by atoms with Gasteiger partial charge >= 0.3 is 0 Å². The van der Waals surface area contributed by atoms with E-state index in [-0.39, 0.29) is 29.5 Å². The van der Waals surface area contributed by atoms with Gasteiger partial charge < -0.3 is 19.1 Å². The van der Waals surface area contributed by atoms with Crippen LogP contribution in [0.2, 0.25) is 5.02 Å². The van der Waals surface area contributed by atoms with Gasteiger partial charge in [-0.05, 0) is 80.0 Å². The van der Waals surface area contributed by atoms with E-state index in [0.717, 1.165) is 5.56 Å². The highest BCUT2D eigenvalue weighted by Crippen LogP contribution is 2.42.